The number of carbonyl (C=O) groups is 2. The van der Waals surface area contributed by atoms with Gasteiger partial charge in [-0.15, -0.1) is 0 Å². The summed E-state index contributed by atoms with van der Waals surface area (Å²) in [7, 11) is 1.89. The zero-order valence-corrected chi connectivity index (χ0v) is 20.6. The second kappa shape index (κ2) is 11.0. The van der Waals surface area contributed by atoms with Crippen molar-refractivity contribution in [2.45, 2.75) is 45.2 Å². The van der Waals surface area contributed by atoms with Crippen molar-refractivity contribution in [2.24, 2.45) is 5.92 Å². The van der Waals surface area contributed by atoms with E-state index in [0.29, 0.717) is 36.8 Å². The van der Waals surface area contributed by atoms with Crippen LogP contribution in [-0.4, -0.2) is 70.7 Å². The zero-order chi connectivity index (χ0) is 24.9. The highest BCUT2D eigenvalue weighted by Crippen LogP contribution is 2.27. The molecule has 0 unspecified atom stereocenters. The van der Waals surface area contributed by atoms with Crippen molar-refractivity contribution in [1.29, 1.82) is 0 Å². The predicted molar refractivity (Wildman–Crippen MR) is 134 cm³/mol. The maximum absolute atomic E-state index is 12.9. The van der Waals surface area contributed by atoms with Crippen LogP contribution >= 0.6 is 0 Å². The van der Waals surface area contributed by atoms with E-state index in [1.54, 1.807) is 24.0 Å². The minimum absolute atomic E-state index is 0.0161. The maximum atomic E-state index is 12.9. The number of nitro groups is 1. The fourth-order valence-corrected chi connectivity index (χ4v) is 5.31. The molecule has 0 spiro atoms. The summed E-state index contributed by atoms with van der Waals surface area (Å²) in [5.41, 5.74) is 2.05. The number of piperidine rings is 2. The third-order valence-corrected chi connectivity index (χ3v) is 7.44. The molecule has 2 aromatic carbocycles. The lowest BCUT2D eigenvalue weighted by molar-refractivity contribution is -0.385. The molecule has 2 aromatic rings. The normalized spacial score (nSPS) is 17.8. The summed E-state index contributed by atoms with van der Waals surface area (Å²) in [5.74, 6) is 0.150. The van der Waals surface area contributed by atoms with Gasteiger partial charge in [-0.25, -0.2) is 0 Å². The third kappa shape index (κ3) is 5.88. The molecule has 4 rings (SSSR count). The number of nitrogens with zero attached hydrogens (tertiary/aromatic N) is 4. The highest BCUT2D eigenvalue weighted by molar-refractivity contribution is 5.95. The van der Waals surface area contributed by atoms with Crippen LogP contribution in [0.1, 0.15) is 47.2 Å². The van der Waals surface area contributed by atoms with Gasteiger partial charge in [-0.3, -0.25) is 19.7 Å². The van der Waals surface area contributed by atoms with Gasteiger partial charge in [0.1, 0.15) is 0 Å². The van der Waals surface area contributed by atoms with Crippen molar-refractivity contribution in [3.8, 4) is 0 Å². The van der Waals surface area contributed by atoms with E-state index in [-0.39, 0.29) is 23.4 Å². The Morgan fingerprint density at radius 2 is 1.66 bits per heavy atom. The molecule has 0 atom stereocenters. The number of hydrogen-bond donors (Lipinski definition) is 0. The quantitative estimate of drug-likeness (QED) is 0.465. The molecule has 0 bridgehead atoms. The Morgan fingerprint density at radius 1 is 1.00 bits per heavy atom. The first-order chi connectivity index (χ1) is 16.8. The van der Waals surface area contributed by atoms with Crippen LogP contribution in [0.15, 0.2) is 48.5 Å². The second-order valence-corrected chi connectivity index (χ2v) is 9.77. The van der Waals surface area contributed by atoms with Gasteiger partial charge >= 0.3 is 0 Å². The molecule has 0 N–H and O–H groups in total. The van der Waals surface area contributed by atoms with Crippen LogP contribution in [0.25, 0.3) is 0 Å². The largest absolute Gasteiger partial charge is 0.341 e. The summed E-state index contributed by atoms with van der Waals surface area (Å²) in [6.07, 6.45) is 3.49. The Bertz CT molecular complexity index is 1060. The molecule has 0 aliphatic carbocycles. The SMILES string of the molecule is Cc1ccc(C(=O)N2CCC(N3CCC(C(=O)N(C)Cc4ccccc4)CC3)CC2)cc1[N+](=O)[O-]. The molecule has 2 aliphatic rings. The lowest BCUT2D eigenvalue weighted by atomic mass is 9.92. The zero-order valence-electron chi connectivity index (χ0n) is 20.6. The molecule has 8 heteroatoms. The lowest BCUT2D eigenvalue weighted by Crippen LogP contribution is -2.50. The van der Waals surface area contributed by atoms with Crippen LogP contribution in [0.4, 0.5) is 5.69 Å². The summed E-state index contributed by atoms with van der Waals surface area (Å²) in [4.78, 5) is 42.8. The number of benzene rings is 2. The molecule has 8 nitrogen and oxygen atoms in total. The van der Waals surface area contributed by atoms with Gasteiger partial charge in [0.2, 0.25) is 5.91 Å². The van der Waals surface area contributed by atoms with Crippen molar-refractivity contribution in [2.75, 3.05) is 33.2 Å². The van der Waals surface area contributed by atoms with Crippen LogP contribution in [0.3, 0.4) is 0 Å². The van der Waals surface area contributed by atoms with Crippen molar-refractivity contribution < 1.29 is 14.5 Å². The molecule has 186 valence electrons. The molecule has 0 aromatic heterocycles. The maximum Gasteiger partial charge on any atom is 0.273 e. The van der Waals surface area contributed by atoms with Crippen LogP contribution in [0.2, 0.25) is 0 Å². The lowest BCUT2D eigenvalue weighted by Gasteiger charge is -2.42. The fraction of sp³-hybridized carbons (Fsp3) is 0.481. The summed E-state index contributed by atoms with van der Waals surface area (Å²) in [5, 5.41) is 11.2. The van der Waals surface area contributed by atoms with Crippen molar-refractivity contribution in [1.82, 2.24) is 14.7 Å². The molecule has 0 saturated carbocycles. The van der Waals surface area contributed by atoms with Gasteiger partial charge in [0.15, 0.2) is 0 Å². The van der Waals surface area contributed by atoms with Gasteiger partial charge in [-0.2, -0.15) is 0 Å². The predicted octanol–water partition coefficient (Wildman–Crippen LogP) is 3.88. The number of nitro benzene ring substituents is 1. The second-order valence-electron chi connectivity index (χ2n) is 9.77. The van der Waals surface area contributed by atoms with E-state index in [1.165, 1.54) is 6.07 Å². The van der Waals surface area contributed by atoms with Gasteiger partial charge in [-0.05, 0) is 57.3 Å². The van der Waals surface area contributed by atoms with Crippen LogP contribution in [-0.2, 0) is 11.3 Å². The smallest absolute Gasteiger partial charge is 0.273 e. The van der Waals surface area contributed by atoms with Gasteiger partial charge in [0, 0.05) is 55.8 Å². The fourth-order valence-electron chi connectivity index (χ4n) is 5.31. The first-order valence-corrected chi connectivity index (χ1v) is 12.4. The molecule has 2 aliphatic heterocycles. The van der Waals surface area contributed by atoms with E-state index < -0.39 is 4.92 Å². The van der Waals surface area contributed by atoms with Crippen molar-refractivity contribution in [3.05, 3.63) is 75.3 Å². The number of likely N-dealkylation sites (tertiary alicyclic amines) is 2. The van der Waals surface area contributed by atoms with Gasteiger partial charge in [-0.1, -0.05) is 36.4 Å². The van der Waals surface area contributed by atoms with Crippen LogP contribution < -0.4 is 0 Å². The molecule has 2 heterocycles. The van der Waals surface area contributed by atoms with Gasteiger partial charge in [0.05, 0.1) is 4.92 Å². The summed E-state index contributed by atoms with van der Waals surface area (Å²) < 4.78 is 0. The molecular formula is C27H34N4O4. The van der Waals surface area contributed by atoms with E-state index in [1.807, 2.05) is 42.3 Å². The minimum atomic E-state index is -0.438. The van der Waals surface area contributed by atoms with E-state index in [2.05, 4.69) is 4.90 Å². The van der Waals surface area contributed by atoms with E-state index >= 15 is 0 Å². The summed E-state index contributed by atoms with van der Waals surface area (Å²) >= 11 is 0. The summed E-state index contributed by atoms with van der Waals surface area (Å²) in [6, 6.07) is 15.2. The Balaban J connectivity index is 1.25. The standard InChI is InChI=1S/C27H34N4O4/c1-20-8-9-23(18-25(20)31(34)35)27(33)30-16-12-24(13-17-30)29-14-10-22(11-15-29)26(32)28(2)19-21-6-4-3-5-7-21/h3-9,18,22,24H,10-17,19H2,1-2H3. The molecule has 35 heavy (non-hydrogen) atoms. The Hall–Kier alpha value is -3.26. The van der Waals surface area contributed by atoms with Crippen molar-refractivity contribution >= 4 is 17.5 Å². The average Bonchev–Trinajstić information content (AvgIpc) is 2.88. The average molecular weight is 479 g/mol. The van der Waals surface area contributed by atoms with Crippen molar-refractivity contribution in [3.63, 3.8) is 0 Å². The van der Waals surface area contributed by atoms with Crippen LogP contribution in [0.5, 0.6) is 0 Å². The van der Waals surface area contributed by atoms with Gasteiger partial charge in [0.25, 0.3) is 11.6 Å². The van der Waals surface area contributed by atoms with Gasteiger partial charge < -0.3 is 14.7 Å². The molecule has 2 fully saturated rings. The first kappa shape index (κ1) is 24.9. The molecule has 2 saturated heterocycles. The molecular weight excluding hydrogens is 444 g/mol. The summed E-state index contributed by atoms with van der Waals surface area (Å²) in [6.45, 7) is 5.40. The number of rotatable bonds is 6. The Labute approximate surface area is 206 Å². The monoisotopic (exact) mass is 478 g/mol. The number of amides is 2. The first-order valence-electron chi connectivity index (χ1n) is 12.4. The third-order valence-electron chi connectivity index (χ3n) is 7.44. The number of hydrogen-bond acceptors (Lipinski definition) is 5. The number of aryl methyl sites for hydroxylation is 1. The number of carbonyl (C=O) groups excluding carboxylic acids is 2. The Morgan fingerprint density at radius 3 is 2.29 bits per heavy atom. The minimum Gasteiger partial charge on any atom is -0.341 e. The molecule has 2 amide bonds. The highest BCUT2D eigenvalue weighted by Gasteiger charge is 2.33. The van der Waals surface area contributed by atoms with Crippen LogP contribution in [0, 0.1) is 23.0 Å². The molecule has 0 radical (unpaired) electrons. The topological polar surface area (TPSA) is 87.0 Å². The Kier molecular flexibility index (Phi) is 7.80. The highest BCUT2D eigenvalue weighted by atomic mass is 16.6. The van der Waals surface area contributed by atoms with E-state index in [0.717, 1.165) is 44.3 Å². The van der Waals surface area contributed by atoms with E-state index in [9.17, 15) is 19.7 Å². The van der Waals surface area contributed by atoms with E-state index in [4.69, 9.17) is 0 Å².